The molecular weight excluding hydrogens is 196 g/mol. The summed E-state index contributed by atoms with van der Waals surface area (Å²) in [5.41, 5.74) is -0.604. The smallest absolute Gasteiger partial charge is 0.257 e. The van der Waals surface area contributed by atoms with Crippen LogP contribution in [0.4, 0.5) is 8.78 Å². The molecule has 2 rings (SSSR count). The second kappa shape index (κ2) is 3.35. The van der Waals surface area contributed by atoms with Gasteiger partial charge in [0.15, 0.2) is 0 Å². The molecule has 0 aromatic rings. The zero-order valence-electron chi connectivity index (χ0n) is 7.78. The summed E-state index contributed by atoms with van der Waals surface area (Å²) in [6, 6.07) is 0. The van der Waals surface area contributed by atoms with E-state index in [1.165, 1.54) is 0 Å². The highest BCUT2D eigenvalue weighted by Crippen LogP contribution is 2.71. The lowest BCUT2D eigenvalue weighted by atomic mass is 9.91. The van der Waals surface area contributed by atoms with E-state index in [0.717, 1.165) is 13.1 Å². The highest BCUT2D eigenvalue weighted by Gasteiger charge is 2.78. The van der Waals surface area contributed by atoms with Crippen LogP contribution in [0.2, 0.25) is 0 Å². The summed E-state index contributed by atoms with van der Waals surface area (Å²) >= 11 is 0. The van der Waals surface area contributed by atoms with Crippen molar-refractivity contribution in [2.24, 2.45) is 11.3 Å². The van der Waals surface area contributed by atoms with Crippen LogP contribution in [0, 0.1) is 11.3 Å². The maximum atomic E-state index is 13.3. The number of hydrogen-bond donors (Lipinski definition) is 1. The van der Waals surface area contributed by atoms with Crippen molar-refractivity contribution in [1.82, 2.24) is 5.32 Å². The molecule has 0 amide bonds. The minimum absolute atomic E-state index is 0. The number of rotatable bonds is 1. The first-order valence-corrected chi connectivity index (χ1v) is 4.73. The fourth-order valence-corrected chi connectivity index (χ4v) is 2.79. The molecule has 1 N–H and O–H groups in total. The fourth-order valence-electron chi connectivity index (χ4n) is 2.79. The van der Waals surface area contributed by atoms with Crippen molar-refractivity contribution in [3.8, 4) is 0 Å². The first kappa shape index (κ1) is 11.2. The largest absolute Gasteiger partial charge is 0.317 e. The van der Waals surface area contributed by atoms with Gasteiger partial charge in [0.1, 0.15) is 0 Å². The number of alkyl halides is 2. The third-order valence-corrected chi connectivity index (χ3v) is 3.59. The maximum absolute atomic E-state index is 13.3. The van der Waals surface area contributed by atoms with Crippen LogP contribution >= 0.6 is 12.4 Å². The molecule has 4 heteroatoms. The first-order chi connectivity index (χ1) is 5.65. The molecule has 1 nitrogen and oxygen atoms in total. The summed E-state index contributed by atoms with van der Waals surface area (Å²) in [6.07, 6.45) is 1.96. The van der Waals surface area contributed by atoms with Crippen LogP contribution < -0.4 is 5.32 Å². The fraction of sp³-hybridized carbons (Fsp3) is 1.00. The molecule has 1 saturated carbocycles. The van der Waals surface area contributed by atoms with Crippen LogP contribution in [0.5, 0.6) is 0 Å². The molecule has 1 unspecified atom stereocenters. The van der Waals surface area contributed by atoms with Gasteiger partial charge in [-0.1, -0.05) is 6.92 Å². The van der Waals surface area contributed by atoms with E-state index in [2.05, 4.69) is 5.32 Å². The lowest BCUT2D eigenvalue weighted by Crippen LogP contribution is -2.32. The van der Waals surface area contributed by atoms with E-state index < -0.39 is 11.3 Å². The molecule has 1 saturated heterocycles. The summed E-state index contributed by atoms with van der Waals surface area (Å²) in [6.45, 7) is 3.41. The first-order valence-electron chi connectivity index (χ1n) is 4.73. The Morgan fingerprint density at radius 2 is 1.85 bits per heavy atom. The minimum atomic E-state index is -2.36. The van der Waals surface area contributed by atoms with Crippen LogP contribution in [0.1, 0.15) is 26.2 Å². The van der Waals surface area contributed by atoms with E-state index in [-0.39, 0.29) is 18.3 Å². The van der Waals surface area contributed by atoms with Crippen molar-refractivity contribution in [3.05, 3.63) is 0 Å². The number of halogens is 3. The van der Waals surface area contributed by atoms with E-state index in [0.29, 0.717) is 19.3 Å². The Labute approximate surface area is 83.7 Å². The van der Waals surface area contributed by atoms with Gasteiger partial charge in [0.05, 0.1) is 0 Å². The summed E-state index contributed by atoms with van der Waals surface area (Å²) in [5, 5.41) is 3.13. The molecule has 0 bridgehead atoms. The van der Waals surface area contributed by atoms with Gasteiger partial charge >= 0.3 is 0 Å². The molecule has 0 aromatic carbocycles. The van der Waals surface area contributed by atoms with Crippen LogP contribution in [-0.4, -0.2) is 19.0 Å². The minimum Gasteiger partial charge on any atom is -0.317 e. The van der Waals surface area contributed by atoms with Gasteiger partial charge in [-0.05, 0) is 32.4 Å². The van der Waals surface area contributed by atoms with Gasteiger partial charge in [-0.3, -0.25) is 0 Å². The highest BCUT2D eigenvalue weighted by atomic mass is 35.5. The van der Waals surface area contributed by atoms with Crippen LogP contribution in [0.15, 0.2) is 0 Å². The highest BCUT2D eigenvalue weighted by molar-refractivity contribution is 5.85. The molecule has 0 aromatic heterocycles. The summed E-state index contributed by atoms with van der Waals surface area (Å²) in [7, 11) is 0. The van der Waals surface area contributed by atoms with Gasteiger partial charge in [0.25, 0.3) is 5.92 Å². The van der Waals surface area contributed by atoms with Gasteiger partial charge in [-0.15, -0.1) is 12.4 Å². The van der Waals surface area contributed by atoms with Crippen molar-refractivity contribution >= 4 is 12.4 Å². The number of nitrogens with one attached hydrogen (secondary N) is 1. The molecular formula is C9H16ClF2N. The molecule has 1 spiro atoms. The van der Waals surface area contributed by atoms with Crippen molar-refractivity contribution in [1.29, 1.82) is 0 Å². The summed E-state index contributed by atoms with van der Waals surface area (Å²) < 4.78 is 26.6. The third-order valence-electron chi connectivity index (χ3n) is 3.59. The SMILES string of the molecule is CCC1C(F)(F)C12CCNCC2.Cl. The standard InChI is InChI=1S/C9H15F2N.ClH/c1-2-7-8(9(7,10)11)3-5-12-6-4-8;/h7,12H,2-6H2,1H3;1H. The molecule has 1 atom stereocenters. The summed E-state index contributed by atoms with van der Waals surface area (Å²) in [5.74, 6) is -2.68. The van der Waals surface area contributed by atoms with Crippen LogP contribution in [-0.2, 0) is 0 Å². The monoisotopic (exact) mass is 211 g/mol. The quantitative estimate of drug-likeness (QED) is 0.703. The van der Waals surface area contributed by atoms with Gasteiger partial charge < -0.3 is 5.32 Å². The van der Waals surface area contributed by atoms with Crippen molar-refractivity contribution < 1.29 is 8.78 Å². The van der Waals surface area contributed by atoms with Gasteiger partial charge in [-0.2, -0.15) is 0 Å². The Morgan fingerprint density at radius 1 is 1.31 bits per heavy atom. The molecule has 78 valence electrons. The maximum Gasteiger partial charge on any atom is 0.257 e. The van der Waals surface area contributed by atoms with Crippen molar-refractivity contribution in [2.45, 2.75) is 32.1 Å². The predicted octanol–water partition coefficient (Wildman–Crippen LogP) is 2.45. The topological polar surface area (TPSA) is 12.0 Å². The lowest BCUT2D eigenvalue weighted by molar-refractivity contribution is 0.0461. The Balaban J connectivity index is 0.000000845. The predicted molar refractivity (Wildman–Crippen MR) is 50.5 cm³/mol. The second-order valence-electron chi connectivity index (χ2n) is 3.99. The van der Waals surface area contributed by atoms with Crippen molar-refractivity contribution in [3.63, 3.8) is 0 Å². The molecule has 2 aliphatic rings. The second-order valence-corrected chi connectivity index (χ2v) is 3.99. The van der Waals surface area contributed by atoms with E-state index in [1.807, 2.05) is 6.92 Å². The Morgan fingerprint density at radius 3 is 2.23 bits per heavy atom. The van der Waals surface area contributed by atoms with Crippen LogP contribution in [0.3, 0.4) is 0 Å². The Bertz CT molecular complexity index is 190. The Hall–Kier alpha value is 0.110. The lowest BCUT2D eigenvalue weighted by Gasteiger charge is -2.22. The van der Waals surface area contributed by atoms with Crippen LogP contribution in [0.25, 0.3) is 0 Å². The molecule has 0 radical (unpaired) electrons. The molecule has 13 heavy (non-hydrogen) atoms. The average Bonchev–Trinajstić information content (AvgIpc) is 2.49. The number of piperidine rings is 1. The number of hydrogen-bond acceptors (Lipinski definition) is 1. The van der Waals surface area contributed by atoms with Gasteiger partial charge in [-0.25, -0.2) is 8.78 Å². The van der Waals surface area contributed by atoms with E-state index in [9.17, 15) is 8.78 Å². The average molecular weight is 212 g/mol. The summed E-state index contributed by atoms with van der Waals surface area (Å²) in [4.78, 5) is 0. The van der Waals surface area contributed by atoms with E-state index in [4.69, 9.17) is 0 Å². The van der Waals surface area contributed by atoms with Crippen molar-refractivity contribution in [2.75, 3.05) is 13.1 Å². The van der Waals surface area contributed by atoms with E-state index in [1.54, 1.807) is 0 Å². The van der Waals surface area contributed by atoms with Gasteiger partial charge in [0.2, 0.25) is 0 Å². The zero-order chi connectivity index (χ0) is 8.82. The van der Waals surface area contributed by atoms with Gasteiger partial charge in [0, 0.05) is 11.3 Å². The molecule has 1 aliphatic heterocycles. The Kier molecular flexibility index (Phi) is 2.89. The molecule has 1 heterocycles. The van der Waals surface area contributed by atoms with E-state index >= 15 is 0 Å². The molecule has 1 aliphatic carbocycles. The normalized spacial score (nSPS) is 33.9. The third kappa shape index (κ3) is 1.28. The zero-order valence-corrected chi connectivity index (χ0v) is 8.59. The molecule has 2 fully saturated rings.